The number of amides is 4. The minimum absolute atomic E-state index is 0.153. The van der Waals surface area contributed by atoms with Gasteiger partial charge in [-0.05, 0) is 37.3 Å². The van der Waals surface area contributed by atoms with E-state index in [4.69, 9.17) is 0 Å². The number of rotatable bonds is 13. The number of likely N-dealkylation sites (N-methyl/N-ethyl adjacent to an activating group) is 2. The van der Waals surface area contributed by atoms with E-state index in [0.717, 1.165) is 30.4 Å². The highest BCUT2D eigenvalue weighted by molar-refractivity contribution is 5.95. The van der Waals surface area contributed by atoms with E-state index in [2.05, 4.69) is 5.32 Å². The Labute approximate surface area is 254 Å². The van der Waals surface area contributed by atoms with Crippen LogP contribution in [0.3, 0.4) is 0 Å². The van der Waals surface area contributed by atoms with Crippen molar-refractivity contribution in [1.82, 2.24) is 20.0 Å². The molecule has 0 aromatic heterocycles. The van der Waals surface area contributed by atoms with Crippen molar-refractivity contribution in [2.75, 3.05) is 27.2 Å². The van der Waals surface area contributed by atoms with Crippen LogP contribution in [0.1, 0.15) is 50.7 Å². The minimum Gasteiger partial charge on any atom is -0.481 e. The molecule has 0 radical (unpaired) electrons. The number of carboxylic acid groups (broad SMARTS) is 1. The highest BCUT2D eigenvalue weighted by atomic mass is 16.4. The molecule has 1 saturated heterocycles. The Bertz CT molecular complexity index is 1250. The summed E-state index contributed by atoms with van der Waals surface area (Å²) in [7, 11) is 3.02. The second kappa shape index (κ2) is 15.9. The first-order valence-corrected chi connectivity index (χ1v) is 14.9. The van der Waals surface area contributed by atoms with Crippen molar-refractivity contribution >= 4 is 29.6 Å². The molecular weight excluding hydrogens is 548 g/mol. The van der Waals surface area contributed by atoms with E-state index >= 15 is 0 Å². The molecule has 2 aromatic carbocycles. The summed E-state index contributed by atoms with van der Waals surface area (Å²) in [5.74, 6) is -3.51. The van der Waals surface area contributed by atoms with Crippen LogP contribution >= 0.6 is 0 Å². The maximum absolute atomic E-state index is 14.2. The highest BCUT2D eigenvalue weighted by Gasteiger charge is 2.37. The van der Waals surface area contributed by atoms with Crippen molar-refractivity contribution in [3.8, 4) is 0 Å². The van der Waals surface area contributed by atoms with Gasteiger partial charge in [-0.25, -0.2) is 0 Å². The van der Waals surface area contributed by atoms with Gasteiger partial charge in [-0.15, -0.1) is 0 Å². The Kier molecular flexibility index (Phi) is 12.3. The van der Waals surface area contributed by atoms with Gasteiger partial charge in [0.1, 0.15) is 18.1 Å². The second-order valence-corrected chi connectivity index (χ2v) is 11.4. The zero-order chi connectivity index (χ0) is 31.5. The number of nitrogens with zero attached hydrogens (tertiary/aromatic N) is 3. The Hall–Kier alpha value is -4.21. The summed E-state index contributed by atoms with van der Waals surface area (Å²) in [5, 5.41) is 12.1. The summed E-state index contributed by atoms with van der Waals surface area (Å²) in [5.41, 5.74) is 1.64. The summed E-state index contributed by atoms with van der Waals surface area (Å²) < 4.78 is 0. The summed E-state index contributed by atoms with van der Waals surface area (Å²) in [6.45, 7) is 4.50. The van der Waals surface area contributed by atoms with Gasteiger partial charge in [0.25, 0.3) is 0 Å². The molecule has 1 fully saturated rings. The van der Waals surface area contributed by atoms with Crippen molar-refractivity contribution in [1.29, 1.82) is 0 Å². The standard InChI is InChI=1S/C33H44N4O6/c1-23(20-29(38)39)31(41)36(4)28(22-26-16-10-6-11-17-26)33(43)35(3)27(21-25-14-8-5-9-15-25)30(40)34-24(2)32(42)37-18-12-7-13-19-37/h5-6,8-11,14-17,23-24,27-28H,7,12-13,18-22H2,1-4H3,(H,34,40)(H,38,39)/t23-,24-,27-,28-/m0/s1. The van der Waals surface area contributed by atoms with Gasteiger partial charge in [0, 0.05) is 45.9 Å². The van der Waals surface area contributed by atoms with E-state index < -0.39 is 47.7 Å². The molecule has 10 heteroatoms. The third kappa shape index (κ3) is 9.39. The molecule has 43 heavy (non-hydrogen) atoms. The first-order chi connectivity index (χ1) is 20.5. The van der Waals surface area contributed by atoms with Crippen molar-refractivity contribution in [3.63, 3.8) is 0 Å². The molecule has 1 heterocycles. The molecule has 0 saturated carbocycles. The SMILES string of the molecule is C[C@H](NC(=O)[C@H](Cc1ccccc1)N(C)C(=O)[C@H](Cc1ccccc1)N(C)C(=O)[C@@H](C)CC(=O)O)C(=O)N1CCCCC1. The molecule has 2 N–H and O–H groups in total. The lowest BCUT2D eigenvalue weighted by Crippen LogP contribution is -2.58. The number of hydrogen-bond donors (Lipinski definition) is 2. The number of carbonyl (C=O) groups is 5. The number of likely N-dealkylation sites (tertiary alicyclic amines) is 1. The zero-order valence-corrected chi connectivity index (χ0v) is 25.6. The number of aliphatic carboxylic acids is 1. The van der Waals surface area contributed by atoms with Crippen molar-refractivity contribution in [2.24, 2.45) is 5.92 Å². The number of carbonyl (C=O) groups excluding carboxylic acids is 4. The van der Waals surface area contributed by atoms with E-state index in [1.807, 2.05) is 60.7 Å². The van der Waals surface area contributed by atoms with Crippen LogP contribution in [-0.4, -0.2) is 94.7 Å². The van der Waals surface area contributed by atoms with Gasteiger partial charge in [-0.1, -0.05) is 67.6 Å². The van der Waals surface area contributed by atoms with Crippen LogP contribution in [0.4, 0.5) is 0 Å². The third-order valence-corrected chi connectivity index (χ3v) is 8.06. The normalized spacial score (nSPS) is 15.9. The number of hydrogen-bond acceptors (Lipinski definition) is 5. The molecule has 1 aliphatic rings. The molecule has 2 aromatic rings. The van der Waals surface area contributed by atoms with Crippen LogP contribution in [0.25, 0.3) is 0 Å². The first-order valence-electron chi connectivity index (χ1n) is 14.9. The fourth-order valence-corrected chi connectivity index (χ4v) is 5.47. The smallest absolute Gasteiger partial charge is 0.304 e. The molecule has 10 nitrogen and oxygen atoms in total. The molecule has 3 rings (SSSR count). The summed E-state index contributed by atoms with van der Waals surface area (Å²) >= 11 is 0. The molecule has 0 aliphatic carbocycles. The topological polar surface area (TPSA) is 127 Å². The molecule has 232 valence electrons. The monoisotopic (exact) mass is 592 g/mol. The van der Waals surface area contributed by atoms with E-state index in [1.165, 1.54) is 30.8 Å². The average molecular weight is 593 g/mol. The van der Waals surface area contributed by atoms with Crippen LogP contribution in [0.15, 0.2) is 60.7 Å². The molecule has 4 atom stereocenters. The van der Waals surface area contributed by atoms with E-state index in [9.17, 15) is 29.1 Å². The van der Waals surface area contributed by atoms with Crippen molar-refractivity contribution < 1.29 is 29.1 Å². The fraction of sp³-hybridized carbons (Fsp3) is 0.485. The largest absolute Gasteiger partial charge is 0.481 e. The van der Waals surface area contributed by atoms with Gasteiger partial charge in [-0.3, -0.25) is 24.0 Å². The van der Waals surface area contributed by atoms with Crippen LogP contribution in [0, 0.1) is 5.92 Å². The Morgan fingerprint density at radius 1 is 0.767 bits per heavy atom. The summed E-state index contributed by atoms with van der Waals surface area (Å²) in [6, 6.07) is 15.8. The van der Waals surface area contributed by atoms with E-state index in [0.29, 0.717) is 13.1 Å². The zero-order valence-electron chi connectivity index (χ0n) is 25.6. The van der Waals surface area contributed by atoms with Gasteiger partial charge < -0.3 is 25.1 Å². The maximum atomic E-state index is 14.2. The lowest BCUT2D eigenvalue weighted by molar-refractivity contribution is -0.150. The summed E-state index contributed by atoms with van der Waals surface area (Å²) in [4.78, 5) is 70.0. The van der Waals surface area contributed by atoms with Crippen molar-refractivity contribution in [3.05, 3.63) is 71.8 Å². The van der Waals surface area contributed by atoms with E-state index in [-0.39, 0.29) is 25.2 Å². The quantitative estimate of drug-likeness (QED) is 0.368. The van der Waals surface area contributed by atoms with Crippen LogP contribution in [0.5, 0.6) is 0 Å². The predicted octanol–water partition coefficient (Wildman–Crippen LogP) is 2.75. The van der Waals surface area contributed by atoms with Gasteiger partial charge in [-0.2, -0.15) is 0 Å². The first kappa shape index (κ1) is 33.3. The van der Waals surface area contributed by atoms with E-state index in [1.54, 1.807) is 11.8 Å². The lowest BCUT2D eigenvalue weighted by Gasteiger charge is -2.36. The Balaban J connectivity index is 1.89. The number of carboxylic acids is 1. The fourth-order valence-electron chi connectivity index (χ4n) is 5.47. The number of nitrogens with one attached hydrogen (secondary N) is 1. The molecule has 0 bridgehead atoms. The van der Waals surface area contributed by atoms with Gasteiger partial charge in [0.15, 0.2) is 0 Å². The predicted molar refractivity (Wildman–Crippen MR) is 163 cm³/mol. The Morgan fingerprint density at radius 2 is 1.26 bits per heavy atom. The van der Waals surface area contributed by atoms with Gasteiger partial charge >= 0.3 is 5.97 Å². The maximum Gasteiger partial charge on any atom is 0.304 e. The Morgan fingerprint density at radius 3 is 1.77 bits per heavy atom. The van der Waals surface area contributed by atoms with Crippen molar-refractivity contribution in [2.45, 2.75) is 70.5 Å². The van der Waals surface area contributed by atoms with Crippen LogP contribution in [0.2, 0.25) is 0 Å². The number of piperidine rings is 1. The van der Waals surface area contributed by atoms with Crippen LogP contribution < -0.4 is 5.32 Å². The molecule has 0 unspecified atom stereocenters. The lowest BCUT2D eigenvalue weighted by atomic mass is 9.98. The van der Waals surface area contributed by atoms with Gasteiger partial charge in [0.05, 0.1) is 6.42 Å². The molecule has 4 amide bonds. The average Bonchev–Trinajstić information content (AvgIpc) is 3.01. The third-order valence-electron chi connectivity index (χ3n) is 8.06. The van der Waals surface area contributed by atoms with Crippen LogP contribution in [-0.2, 0) is 36.8 Å². The van der Waals surface area contributed by atoms with Gasteiger partial charge in [0.2, 0.25) is 23.6 Å². The minimum atomic E-state index is -1.11. The summed E-state index contributed by atoms with van der Waals surface area (Å²) in [6.07, 6.45) is 2.95. The second-order valence-electron chi connectivity index (χ2n) is 11.4. The number of benzene rings is 2. The molecule has 0 spiro atoms. The highest BCUT2D eigenvalue weighted by Crippen LogP contribution is 2.18. The molecular formula is C33H44N4O6. The molecule has 1 aliphatic heterocycles.